The van der Waals surface area contributed by atoms with Crippen molar-refractivity contribution in [2.75, 3.05) is 5.73 Å². The van der Waals surface area contributed by atoms with Gasteiger partial charge in [0.25, 0.3) is 5.91 Å². The van der Waals surface area contributed by atoms with Crippen LogP contribution in [0.1, 0.15) is 40.7 Å². The third-order valence-electron chi connectivity index (χ3n) is 2.84. The predicted molar refractivity (Wildman–Crippen MR) is 71.6 cm³/mol. The van der Waals surface area contributed by atoms with E-state index in [-0.39, 0.29) is 26.7 Å². The van der Waals surface area contributed by atoms with Gasteiger partial charge in [0.15, 0.2) is 0 Å². The molecule has 108 valence electrons. The Morgan fingerprint density at radius 3 is 2.45 bits per heavy atom. The van der Waals surface area contributed by atoms with Crippen LogP contribution in [0.25, 0.3) is 10.2 Å². The summed E-state index contributed by atoms with van der Waals surface area (Å²) in [6, 6.07) is 0.973. The fourth-order valence-corrected chi connectivity index (χ4v) is 2.82. The Morgan fingerprint density at radius 1 is 1.40 bits per heavy atom. The predicted octanol–water partition coefficient (Wildman–Crippen LogP) is 3.12. The van der Waals surface area contributed by atoms with E-state index in [1.807, 2.05) is 0 Å². The summed E-state index contributed by atoms with van der Waals surface area (Å²) in [5.41, 5.74) is 9.91. The van der Waals surface area contributed by atoms with Crippen LogP contribution in [-0.4, -0.2) is 10.9 Å². The second-order valence-electron chi connectivity index (χ2n) is 4.64. The van der Waals surface area contributed by atoms with E-state index in [0.717, 1.165) is 17.4 Å². The molecule has 4 N–H and O–H groups in total. The molecule has 0 saturated carbocycles. The highest BCUT2D eigenvalue weighted by molar-refractivity contribution is 7.21. The Bertz CT molecular complexity index is 691. The number of nitrogens with two attached hydrogens (primary N) is 2. The topological polar surface area (TPSA) is 82.0 Å². The smallest absolute Gasteiger partial charge is 0.397 e. The lowest BCUT2D eigenvalue weighted by Gasteiger charge is -2.12. The molecule has 8 heteroatoms. The number of aromatic nitrogens is 1. The molecule has 0 saturated heterocycles. The third kappa shape index (κ3) is 2.31. The summed E-state index contributed by atoms with van der Waals surface area (Å²) >= 11 is 0.783. The first kappa shape index (κ1) is 14.6. The standard InChI is InChI=1S/C12H12F3N3OS/c1-4(2)6-3-5(12(13,14)15)7-8(16)9(10(17)19)20-11(7)18-6/h3-4H,16H2,1-2H3,(H2,17,19). The number of alkyl halides is 3. The number of fused-ring (bicyclic) bond motifs is 1. The molecular formula is C12H12F3N3OS. The Morgan fingerprint density at radius 2 is 2.00 bits per heavy atom. The van der Waals surface area contributed by atoms with E-state index in [9.17, 15) is 18.0 Å². The Hall–Kier alpha value is -1.83. The average molecular weight is 303 g/mol. The van der Waals surface area contributed by atoms with Crippen LogP contribution in [-0.2, 0) is 6.18 Å². The molecule has 2 heterocycles. The number of primary amides is 1. The molecule has 0 aromatic carbocycles. The van der Waals surface area contributed by atoms with Gasteiger partial charge in [-0.15, -0.1) is 11.3 Å². The number of carbonyl (C=O) groups excluding carboxylic acids is 1. The minimum Gasteiger partial charge on any atom is -0.397 e. The number of nitrogens with zero attached hydrogens (tertiary/aromatic N) is 1. The summed E-state index contributed by atoms with van der Waals surface area (Å²) in [6.07, 6.45) is -4.57. The van der Waals surface area contributed by atoms with Crippen LogP contribution < -0.4 is 11.5 Å². The molecule has 0 radical (unpaired) electrons. The van der Waals surface area contributed by atoms with E-state index in [2.05, 4.69) is 4.98 Å². The minimum atomic E-state index is -4.57. The molecule has 0 fully saturated rings. The van der Waals surface area contributed by atoms with Crippen LogP contribution in [0.5, 0.6) is 0 Å². The van der Waals surface area contributed by atoms with Gasteiger partial charge in [-0.2, -0.15) is 13.2 Å². The molecule has 20 heavy (non-hydrogen) atoms. The summed E-state index contributed by atoms with van der Waals surface area (Å²) in [6.45, 7) is 3.47. The lowest BCUT2D eigenvalue weighted by atomic mass is 10.0. The normalized spacial score (nSPS) is 12.3. The van der Waals surface area contributed by atoms with Crippen molar-refractivity contribution in [1.82, 2.24) is 4.98 Å². The minimum absolute atomic E-state index is 0.0785. The molecule has 1 amide bonds. The van der Waals surface area contributed by atoms with Crippen molar-refractivity contribution >= 4 is 33.1 Å². The molecule has 2 rings (SSSR count). The van der Waals surface area contributed by atoms with Crippen molar-refractivity contribution in [2.24, 2.45) is 5.73 Å². The molecule has 0 aliphatic carbocycles. The van der Waals surface area contributed by atoms with Crippen molar-refractivity contribution in [1.29, 1.82) is 0 Å². The fourth-order valence-electron chi connectivity index (χ4n) is 1.84. The molecule has 0 atom stereocenters. The molecular weight excluding hydrogens is 291 g/mol. The lowest BCUT2D eigenvalue weighted by Crippen LogP contribution is -2.12. The molecule has 0 spiro atoms. The number of anilines is 1. The second kappa shape index (κ2) is 4.62. The van der Waals surface area contributed by atoms with E-state index in [1.54, 1.807) is 13.8 Å². The maximum absolute atomic E-state index is 13.2. The number of hydrogen-bond acceptors (Lipinski definition) is 4. The van der Waals surface area contributed by atoms with E-state index >= 15 is 0 Å². The number of halogens is 3. The van der Waals surface area contributed by atoms with Crippen molar-refractivity contribution in [2.45, 2.75) is 25.9 Å². The van der Waals surface area contributed by atoms with Crippen molar-refractivity contribution < 1.29 is 18.0 Å². The number of amides is 1. The molecule has 2 aromatic rings. The lowest BCUT2D eigenvalue weighted by molar-refractivity contribution is -0.136. The molecule has 0 bridgehead atoms. The zero-order chi connectivity index (χ0) is 15.2. The highest BCUT2D eigenvalue weighted by Crippen LogP contribution is 2.42. The van der Waals surface area contributed by atoms with Gasteiger partial charge in [-0.25, -0.2) is 4.98 Å². The first-order valence-corrected chi connectivity index (χ1v) is 6.54. The maximum atomic E-state index is 13.2. The number of carbonyl (C=O) groups is 1. The highest BCUT2D eigenvalue weighted by Gasteiger charge is 2.36. The van der Waals surface area contributed by atoms with E-state index in [1.165, 1.54) is 0 Å². The molecule has 0 aliphatic rings. The van der Waals surface area contributed by atoms with Crippen molar-refractivity contribution in [3.8, 4) is 0 Å². The summed E-state index contributed by atoms with van der Waals surface area (Å²) in [5.74, 6) is -1.04. The highest BCUT2D eigenvalue weighted by atomic mass is 32.1. The maximum Gasteiger partial charge on any atom is 0.417 e. The van der Waals surface area contributed by atoms with E-state index in [0.29, 0.717) is 5.69 Å². The summed E-state index contributed by atoms with van der Waals surface area (Å²) in [5, 5.41) is -0.249. The summed E-state index contributed by atoms with van der Waals surface area (Å²) in [7, 11) is 0. The van der Waals surface area contributed by atoms with Crippen LogP contribution in [0.3, 0.4) is 0 Å². The Labute approximate surface area is 116 Å². The molecule has 4 nitrogen and oxygen atoms in total. The number of thiophene rings is 1. The monoisotopic (exact) mass is 303 g/mol. The first-order chi connectivity index (χ1) is 9.12. The SMILES string of the molecule is CC(C)c1cc(C(F)(F)F)c2c(N)c(C(N)=O)sc2n1. The summed E-state index contributed by atoms with van der Waals surface area (Å²) in [4.78, 5) is 15.3. The quantitative estimate of drug-likeness (QED) is 0.894. The van der Waals surface area contributed by atoms with Gasteiger partial charge < -0.3 is 11.5 Å². The molecule has 0 unspecified atom stereocenters. The van der Waals surface area contributed by atoms with Crippen LogP contribution in [0, 0.1) is 0 Å². The van der Waals surface area contributed by atoms with Crippen LogP contribution >= 0.6 is 11.3 Å². The first-order valence-electron chi connectivity index (χ1n) is 5.72. The molecule has 2 aromatic heterocycles. The van der Waals surface area contributed by atoms with Gasteiger partial charge >= 0.3 is 6.18 Å². The number of pyridine rings is 1. The Balaban J connectivity index is 2.89. The van der Waals surface area contributed by atoms with E-state index < -0.39 is 17.6 Å². The summed E-state index contributed by atoms with van der Waals surface area (Å²) < 4.78 is 39.5. The Kier molecular flexibility index (Phi) is 3.37. The van der Waals surface area contributed by atoms with Crippen molar-refractivity contribution in [3.63, 3.8) is 0 Å². The average Bonchev–Trinajstić information content (AvgIpc) is 2.64. The van der Waals surface area contributed by atoms with Gasteiger partial charge in [0.1, 0.15) is 9.71 Å². The van der Waals surface area contributed by atoms with Gasteiger partial charge in [-0.1, -0.05) is 13.8 Å². The zero-order valence-electron chi connectivity index (χ0n) is 10.7. The zero-order valence-corrected chi connectivity index (χ0v) is 11.5. The fraction of sp³-hybridized carbons (Fsp3) is 0.333. The van der Waals surface area contributed by atoms with Gasteiger partial charge in [0.05, 0.1) is 11.3 Å². The van der Waals surface area contributed by atoms with Crippen LogP contribution in [0.15, 0.2) is 6.07 Å². The number of nitrogen functional groups attached to an aromatic ring is 1. The van der Waals surface area contributed by atoms with Crippen molar-refractivity contribution in [3.05, 3.63) is 22.2 Å². The van der Waals surface area contributed by atoms with Gasteiger partial charge in [-0.3, -0.25) is 4.79 Å². The number of hydrogen-bond donors (Lipinski definition) is 2. The van der Waals surface area contributed by atoms with Gasteiger partial charge in [0, 0.05) is 11.1 Å². The van der Waals surface area contributed by atoms with Gasteiger partial charge in [0.2, 0.25) is 0 Å². The molecule has 0 aliphatic heterocycles. The van der Waals surface area contributed by atoms with Gasteiger partial charge in [-0.05, 0) is 12.0 Å². The van der Waals surface area contributed by atoms with E-state index in [4.69, 9.17) is 11.5 Å². The number of rotatable bonds is 2. The second-order valence-corrected chi connectivity index (χ2v) is 5.64. The largest absolute Gasteiger partial charge is 0.417 e. The third-order valence-corrected chi connectivity index (χ3v) is 3.95. The van der Waals surface area contributed by atoms with Crippen LogP contribution in [0.4, 0.5) is 18.9 Å². The van der Waals surface area contributed by atoms with Crippen LogP contribution in [0.2, 0.25) is 0 Å².